The van der Waals surface area contributed by atoms with E-state index in [0.717, 1.165) is 0 Å². The first-order valence-corrected chi connectivity index (χ1v) is 9.96. The molecule has 1 aromatic carbocycles. The summed E-state index contributed by atoms with van der Waals surface area (Å²) in [4.78, 5) is 17.5. The van der Waals surface area contributed by atoms with Crippen molar-refractivity contribution in [1.82, 2.24) is 9.29 Å². The molecule has 0 saturated carbocycles. The monoisotopic (exact) mass is 414 g/mol. The fourth-order valence-corrected chi connectivity index (χ4v) is 5.35. The van der Waals surface area contributed by atoms with Gasteiger partial charge in [0.1, 0.15) is 10.7 Å². The Bertz CT molecular complexity index is 924. The standard InChI is InChI=1S/C16H16Cl2N4O3S/c17-12-4-1-5-13(18)14(12)26(24,25)22-9-7-21(8-10-22)16-11(15(19)23)3-2-6-20-16/h1-6H,7-10H2,(H2,19,23). The molecule has 0 bridgehead atoms. The molecule has 3 rings (SSSR count). The summed E-state index contributed by atoms with van der Waals surface area (Å²) in [6, 6.07) is 7.79. The molecule has 10 heteroatoms. The zero-order chi connectivity index (χ0) is 18.9. The van der Waals surface area contributed by atoms with Crippen molar-refractivity contribution in [2.24, 2.45) is 5.73 Å². The number of carbonyl (C=O) groups is 1. The molecule has 1 amide bonds. The Morgan fingerprint density at radius 3 is 2.23 bits per heavy atom. The van der Waals surface area contributed by atoms with E-state index in [1.807, 2.05) is 4.90 Å². The lowest BCUT2D eigenvalue weighted by Gasteiger charge is -2.35. The number of nitrogens with two attached hydrogens (primary N) is 1. The average Bonchev–Trinajstić information content (AvgIpc) is 2.61. The van der Waals surface area contributed by atoms with Gasteiger partial charge in [-0.25, -0.2) is 13.4 Å². The van der Waals surface area contributed by atoms with Crippen LogP contribution in [0.4, 0.5) is 5.82 Å². The van der Waals surface area contributed by atoms with Gasteiger partial charge in [0.2, 0.25) is 10.0 Å². The number of piperazine rings is 1. The molecule has 138 valence electrons. The third kappa shape index (κ3) is 3.50. The SMILES string of the molecule is NC(=O)c1cccnc1N1CCN(S(=O)(=O)c2c(Cl)cccc2Cl)CC1. The summed E-state index contributed by atoms with van der Waals surface area (Å²) in [6.07, 6.45) is 1.56. The third-order valence-corrected chi connectivity index (χ3v) is 6.96. The number of benzene rings is 1. The van der Waals surface area contributed by atoms with Crippen LogP contribution < -0.4 is 10.6 Å². The van der Waals surface area contributed by atoms with E-state index >= 15 is 0 Å². The van der Waals surface area contributed by atoms with Gasteiger partial charge in [-0.15, -0.1) is 0 Å². The maximum atomic E-state index is 12.9. The van der Waals surface area contributed by atoms with Gasteiger partial charge in [-0.2, -0.15) is 4.31 Å². The maximum absolute atomic E-state index is 12.9. The van der Waals surface area contributed by atoms with Crippen molar-refractivity contribution in [1.29, 1.82) is 0 Å². The number of hydrogen-bond donors (Lipinski definition) is 1. The summed E-state index contributed by atoms with van der Waals surface area (Å²) in [5.74, 6) is -0.126. The quantitative estimate of drug-likeness (QED) is 0.824. The number of aromatic nitrogens is 1. The number of rotatable bonds is 4. The van der Waals surface area contributed by atoms with Crippen LogP contribution in [0, 0.1) is 0 Å². The van der Waals surface area contributed by atoms with Gasteiger partial charge in [0.05, 0.1) is 15.6 Å². The Kier molecular flexibility index (Phi) is 5.38. The molecule has 26 heavy (non-hydrogen) atoms. The summed E-state index contributed by atoms with van der Waals surface area (Å²) < 4.78 is 27.1. The smallest absolute Gasteiger partial charge is 0.252 e. The fourth-order valence-electron chi connectivity index (χ4n) is 2.84. The van der Waals surface area contributed by atoms with E-state index in [1.54, 1.807) is 24.4 Å². The number of primary amides is 1. The van der Waals surface area contributed by atoms with Crippen LogP contribution in [0.1, 0.15) is 10.4 Å². The summed E-state index contributed by atoms with van der Waals surface area (Å²) >= 11 is 12.1. The first-order chi connectivity index (χ1) is 12.3. The Hall–Kier alpha value is -1.87. The second-order valence-corrected chi connectivity index (χ2v) is 8.37. The normalized spacial score (nSPS) is 15.8. The van der Waals surface area contributed by atoms with Crippen molar-refractivity contribution >= 4 is 45.0 Å². The Morgan fingerprint density at radius 1 is 1.04 bits per heavy atom. The van der Waals surface area contributed by atoms with E-state index in [-0.39, 0.29) is 28.0 Å². The van der Waals surface area contributed by atoms with Crippen LogP contribution in [0.5, 0.6) is 0 Å². The van der Waals surface area contributed by atoms with Crippen molar-refractivity contribution in [2.75, 3.05) is 31.1 Å². The Balaban J connectivity index is 1.82. The van der Waals surface area contributed by atoms with Crippen molar-refractivity contribution < 1.29 is 13.2 Å². The van der Waals surface area contributed by atoms with Crippen molar-refractivity contribution in [3.8, 4) is 0 Å². The van der Waals surface area contributed by atoms with Crippen LogP contribution >= 0.6 is 23.2 Å². The van der Waals surface area contributed by atoms with Crippen LogP contribution in [-0.4, -0.2) is 49.8 Å². The first kappa shape index (κ1) is 18.9. The molecular weight excluding hydrogens is 399 g/mol. The molecule has 0 aliphatic carbocycles. The summed E-state index contributed by atoms with van der Waals surface area (Å²) in [7, 11) is -3.82. The third-order valence-electron chi connectivity index (χ3n) is 4.11. The first-order valence-electron chi connectivity index (χ1n) is 7.76. The minimum absolute atomic E-state index is 0.0840. The van der Waals surface area contributed by atoms with Gasteiger partial charge in [-0.1, -0.05) is 29.3 Å². The molecule has 0 radical (unpaired) electrons. The van der Waals surface area contributed by atoms with Gasteiger partial charge in [0, 0.05) is 32.4 Å². The lowest BCUT2D eigenvalue weighted by Crippen LogP contribution is -2.49. The van der Waals surface area contributed by atoms with Gasteiger partial charge in [-0.3, -0.25) is 4.79 Å². The highest BCUT2D eigenvalue weighted by atomic mass is 35.5. The summed E-state index contributed by atoms with van der Waals surface area (Å²) in [6.45, 7) is 1.13. The summed E-state index contributed by atoms with van der Waals surface area (Å²) in [5.41, 5.74) is 5.69. The molecular formula is C16H16Cl2N4O3S. The predicted octanol–water partition coefficient (Wildman–Crippen LogP) is 2.00. The summed E-state index contributed by atoms with van der Waals surface area (Å²) in [5, 5.41) is 0.168. The molecule has 2 heterocycles. The van der Waals surface area contributed by atoms with Crippen LogP contribution in [0.15, 0.2) is 41.4 Å². The second-order valence-electron chi connectivity index (χ2n) is 5.68. The molecule has 1 saturated heterocycles. The maximum Gasteiger partial charge on any atom is 0.252 e. The van der Waals surface area contributed by atoms with E-state index in [0.29, 0.717) is 24.5 Å². The van der Waals surface area contributed by atoms with E-state index < -0.39 is 15.9 Å². The number of pyridine rings is 1. The molecule has 1 aliphatic heterocycles. The lowest BCUT2D eigenvalue weighted by atomic mass is 10.2. The van der Waals surface area contributed by atoms with E-state index in [4.69, 9.17) is 28.9 Å². The second kappa shape index (κ2) is 7.40. The van der Waals surface area contributed by atoms with Crippen LogP contribution in [-0.2, 0) is 10.0 Å². The molecule has 0 spiro atoms. The van der Waals surface area contributed by atoms with Crippen LogP contribution in [0.25, 0.3) is 0 Å². The molecule has 0 unspecified atom stereocenters. The molecule has 7 nitrogen and oxygen atoms in total. The number of halogens is 2. The predicted molar refractivity (Wildman–Crippen MR) is 100 cm³/mol. The average molecular weight is 415 g/mol. The van der Waals surface area contributed by atoms with Gasteiger partial charge < -0.3 is 10.6 Å². The minimum atomic E-state index is -3.82. The van der Waals surface area contributed by atoms with E-state index in [2.05, 4.69) is 4.98 Å². The van der Waals surface area contributed by atoms with Gasteiger partial charge >= 0.3 is 0 Å². The number of anilines is 1. The van der Waals surface area contributed by atoms with Crippen LogP contribution in [0.2, 0.25) is 10.0 Å². The lowest BCUT2D eigenvalue weighted by molar-refractivity contribution is 0.100. The fraction of sp³-hybridized carbons (Fsp3) is 0.250. The number of carbonyl (C=O) groups excluding carboxylic acids is 1. The largest absolute Gasteiger partial charge is 0.365 e. The van der Waals surface area contributed by atoms with Gasteiger partial charge in [-0.05, 0) is 24.3 Å². The molecule has 2 aromatic rings. The van der Waals surface area contributed by atoms with Crippen molar-refractivity contribution in [3.63, 3.8) is 0 Å². The number of hydrogen-bond acceptors (Lipinski definition) is 5. The van der Waals surface area contributed by atoms with Gasteiger partial charge in [0.25, 0.3) is 5.91 Å². The topological polar surface area (TPSA) is 96.6 Å². The van der Waals surface area contributed by atoms with E-state index in [9.17, 15) is 13.2 Å². The molecule has 0 atom stereocenters. The number of amides is 1. The zero-order valence-corrected chi connectivity index (χ0v) is 15.9. The van der Waals surface area contributed by atoms with Gasteiger partial charge in [0.15, 0.2) is 0 Å². The highest BCUT2D eigenvalue weighted by Gasteiger charge is 2.32. The van der Waals surface area contributed by atoms with Crippen molar-refractivity contribution in [3.05, 3.63) is 52.1 Å². The highest BCUT2D eigenvalue weighted by molar-refractivity contribution is 7.89. The molecule has 2 N–H and O–H groups in total. The number of nitrogens with zero attached hydrogens (tertiary/aromatic N) is 3. The Labute approximate surface area is 161 Å². The minimum Gasteiger partial charge on any atom is -0.365 e. The molecule has 1 aliphatic rings. The van der Waals surface area contributed by atoms with Crippen LogP contribution in [0.3, 0.4) is 0 Å². The highest BCUT2D eigenvalue weighted by Crippen LogP contribution is 2.32. The zero-order valence-electron chi connectivity index (χ0n) is 13.6. The molecule has 1 aromatic heterocycles. The van der Waals surface area contributed by atoms with Crippen molar-refractivity contribution in [2.45, 2.75) is 4.90 Å². The van der Waals surface area contributed by atoms with E-state index in [1.165, 1.54) is 16.4 Å². The molecule has 1 fully saturated rings. The number of sulfonamides is 1. The Morgan fingerprint density at radius 2 is 1.65 bits per heavy atom.